The Morgan fingerprint density at radius 1 is 1.19 bits per heavy atom. The van der Waals surface area contributed by atoms with Crippen molar-refractivity contribution in [1.29, 1.82) is 5.26 Å². The molecule has 0 aromatic heterocycles. The van der Waals surface area contributed by atoms with Crippen LogP contribution >= 0.6 is 11.6 Å². The van der Waals surface area contributed by atoms with Gasteiger partial charge in [0.15, 0.2) is 0 Å². The van der Waals surface area contributed by atoms with Gasteiger partial charge in [-0.05, 0) is 55.3 Å². The van der Waals surface area contributed by atoms with E-state index in [4.69, 9.17) is 16.7 Å². The Morgan fingerprint density at radius 3 is 2.38 bits per heavy atom. The number of anilines is 2. The second kappa shape index (κ2) is 8.19. The smallest absolute Gasteiger partial charge is 0.335 e. The molecule has 26 heavy (non-hydrogen) atoms. The number of benzene rings is 2. The maximum absolute atomic E-state index is 12.2. The number of amides is 1. The van der Waals surface area contributed by atoms with Crippen molar-refractivity contribution in [2.45, 2.75) is 13.8 Å². The molecule has 6 nitrogen and oxygen atoms in total. The van der Waals surface area contributed by atoms with Crippen molar-refractivity contribution >= 4 is 34.9 Å². The highest BCUT2D eigenvalue weighted by molar-refractivity contribution is 6.33. The third-order valence-corrected chi connectivity index (χ3v) is 3.85. The van der Waals surface area contributed by atoms with Crippen molar-refractivity contribution in [3.8, 4) is 6.07 Å². The van der Waals surface area contributed by atoms with Gasteiger partial charge in [0.2, 0.25) is 0 Å². The number of hydrogen-bond acceptors (Lipinski definition) is 4. The number of carboxylic acids is 1. The zero-order valence-corrected chi connectivity index (χ0v) is 14.9. The number of nitrogens with zero attached hydrogens (tertiary/aromatic N) is 1. The number of halogens is 1. The zero-order chi connectivity index (χ0) is 19.3. The predicted octanol–water partition coefficient (Wildman–Crippen LogP) is 4.11. The lowest BCUT2D eigenvalue weighted by molar-refractivity contribution is -0.112. The van der Waals surface area contributed by atoms with Crippen molar-refractivity contribution in [2.75, 3.05) is 10.6 Å². The Bertz CT molecular complexity index is 905. The SMILES string of the molecule is Cc1cc(C)c(N/C=C(/C#N)C(=O)Nc2ccc(C(=O)O)cc2)c(Cl)c1. The van der Waals surface area contributed by atoms with E-state index in [1.54, 1.807) is 6.07 Å². The number of nitrogens with one attached hydrogen (secondary N) is 2. The molecule has 0 saturated heterocycles. The fraction of sp³-hybridized carbons (Fsp3) is 0.105. The van der Waals surface area contributed by atoms with Crippen LogP contribution in [0.5, 0.6) is 0 Å². The van der Waals surface area contributed by atoms with Gasteiger partial charge in [0.1, 0.15) is 11.6 Å². The molecule has 0 bridgehead atoms. The summed E-state index contributed by atoms with van der Waals surface area (Å²) in [6.45, 7) is 3.79. The van der Waals surface area contributed by atoms with E-state index in [0.717, 1.165) is 11.1 Å². The van der Waals surface area contributed by atoms with Gasteiger partial charge in [-0.3, -0.25) is 4.79 Å². The maximum Gasteiger partial charge on any atom is 0.335 e. The molecule has 0 unspecified atom stereocenters. The molecule has 0 aliphatic carbocycles. The lowest BCUT2D eigenvalue weighted by atomic mass is 10.1. The Hall–Kier alpha value is -3.30. The van der Waals surface area contributed by atoms with E-state index in [1.807, 2.05) is 26.0 Å². The summed E-state index contributed by atoms with van der Waals surface area (Å²) in [4.78, 5) is 23.0. The van der Waals surface area contributed by atoms with E-state index in [0.29, 0.717) is 16.4 Å². The molecule has 2 rings (SSSR count). The number of carboxylic acid groups (broad SMARTS) is 1. The van der Waals surface area contributed by atoms with Gasteiger partial charge in [0.05, 0.1) is 16.3 Å². The first-order valence-electron chi connectivity index (χ1n) is 7.60. The minimum atomic E-state index is -1.06. The first kappa shape index (κ1) is 19.0. The van der Waals surface area contributed by atoms with E-state index in [1.165, 1.54) is 30.5 Å². The van der Waals surface area contributed by atoms with Gasteiger partial charge < -0.3 is 15.7 Å². The summed E-state index contributed by atoms with van der Waals surface area (Å²) in [6, 6.07) is 11.2. The van der Waals surface area contributed by atoms with E-state index in [9.17, 15) is 14.9 Å². The lowest BCUT2D eigenvalue weighted by Crippen LogP contribution is -2.14. The fourth-order valence-electron chi connectivity index (χ4n) is 2.29. The summed E-state index contributed by atoms with van der Waals surface area (Å²) in [7, 11) is 0. The van der Waals surface area contributed by atoms with Crippen LogP contribution in [0.15, 0.2) is 48.2 Å². The highest BCUT2D eigenvalue weighted by Crippen LogP contribution is 2.27. The summed E-state index contributed by atoms with van der Waals surface area (Å²) in [5, 5.41) is 24.0. The summed E-state index contributed by atoms with van der Waals surface area (Å²) in [6.07, 6.45) is 1.28. The van der Waals surface area contributed by atoms with Gasteiger partial charge in [0.25, 0.3) is 5.91 Å². The first-order chi connectivity index (χ1) is 12.3. The normalized spacial score (nSPS) is 10.8. The van der Waals surface area contributed by atoms with Gasteiger partial charge in [-0.25, -0.2) is 4.79 Å². The predicted molar refractivity (Wildman–Crippen MR) is 100 cm³/mol. The fourth-order valence-corrected chi connectivity index (χ4v) is 2.66. The second-order valence-corrected chi connectivity index (χ2v) is 6.00. The van der Waals surface area contributed by atoms with Crippen LogP contribution in [-0.2, 0) is 4.79 Å². The molecule has 0 heterocycles. The minimum Gasteiger partial charge on any atom is -0.478 e. The Morgan fingerprint density at radius 2 is 1.85 bits per heavy atom. The van der Waals surface area contributed by atoms with Crippen LogP contribution in [0.3, 0.4) is 0 Å². The van der Waals surface area contributed by atoms with Crippen LogP contribution in [0.25, 0.3) is 0 Å². The number of carbonyl (C=O) groups is 2. The van der Waals surface area contributed by atoms with E-state index in [2.05, 4.69) is 10.6 Å². The summed E-state index contributed by atoms with van der Waals surface area (Å²) >= 11 is 6.19. The molecular formula is C19H16ClN3O3. The second-order valence-electron chi connectivity index (χ2n) is 5.59. The van der Waals surface area contributed by atoms with Crippen LogP contribution in [0, 0.1) is 25.2 Å². The molecule has 0 aliphatic rings. The largest absolute Gasteiger partial charge is 0.478 e. The standard InChI is InChI=1S/C19H16ClN3O3/c1-11-7-12(2)17(16(20)8-11)22-10-14(9-21)18(24)23-15-5-3-13(4-6-15)19(25)26/h3-8,10,22H,1-2H3,(H,23,24)(H,25,26)/b14-10-. The van der Waals surface area contributed by atoms with E-state index in [-0.39, 0.29) is 11.1 Å². The van der Waals surface area contributed by atoms with Crippen LogP contribution in [-0.4, -0.2) is 17.0 Å². The maximum atomic E-state index is 12.2. The van der Waals surface area contributed by atoms with Crippen molar-refractivity contribution in [3.05, 3.63) is 69.9 Å². The molecule has 0 saturated carbocycles. The Balaban J connectivity index is 2.15. The molecule has 132 valence electrons. The number of nitriles is 1. The number of hydrogen-bond donors (Lipinski definition) is 3. The Kier molecular flexibility index (Phi) is 5.99. The quantitative estimate of drug-likeness (QED) is 0.543. The van der Waals surface area contributed by atoms with Crippen LogP contribution < -0.4 is 10.6 Å². The molecule has 0 atom stereocenters. The average Bonchev–Trinajstić information content (AvgIpc) is 2.57. The number of rotatable bonds is 5. The third kappa shape index (κ3) is 4.62. The topological polar surface area (TPSA) is 102 Å². The molecule has 0 radical (unpaired) electrons. The summed E-state index contributed by atoms with van der Waals surface area (Å²) < 4.78 is 0. The molecule has 0 spiro atoms. The molecule has 2 aromatic rings. The highest BCUT2D eigenvalue weighted by Gasteiger charge is 2.11. The van der Waals surface area contributed by atoms with E-state index >= 15 is 0 Å². The molecule has 1 amide bonds. The third-order valence-electron chi connectivity index (χ3n) is 3.55. The van der Waals surface area contributed by atoms with Gasteiger partial charge in [0, 0.05) is 11.9 Å². The van der Waals surface area contributed by atoms with Gasteiger partial charge in [-0.1, -0.05) is 17.7 Å². The molecule has 0 fully saturated rings. The van der Waals surface area contributed by atoms with Gasteiger partial charge in [-0.2, -0.15) is 5.26 Å². The van der Waals surface area contributed by atoms with Crippen LogP contribution in [0.4, 0.5) is 11.4 Å². The van der Waals surface area contributed by atoms with Crippen molar-refractivity contribution in [1.82, 2.24) is 0 Å². The van der Waals surface area contributed by atoms with E-state index < -0.39 is 11.9 Å². The molecule has 7 heteroatoms. The first-order valence-corrected chi connectivity index (χ1v) is 7.98. The molecule has 2 aromatic carbocycles. The van der Waals surface area contributed by atoms with Crippen LogP contribution in [0.2, 0.25) is 5.02 Å². The van der Waals surface area contributed by atoms with Gasteiger partial charge >= 0.3 is 5.97 Å². The summed E-state index contributed by atoms with van der Waals surface area (Å²) in [5.74, 6) is -1.68. The Labute approximate surface area is 155 Å². The summed E-state index contributed by atoms with van der Waals surface area (Å²) in [5.41, 5.74) is 2.83. The number of aryl methyl sites for hydroxylation is 2. The van der Waals surface area contributed by atoms with Crippen molar-refractivity contribution in [3.63, 3.8) is 0 Å². The minimum absolute atomic E-state index is 0.102. The van der Waals surface area contributed by atoms with Crippen molar-refractivity contribution in [2.24, 2.45) is 0 Å². The van der Waals surface area contributed by atoms with Crippen molar-refractivity contribution < 1.29 is 14.7 Å². The highest BCUT2D eigenvalue weighted by atomic mass is 35.5. The molecule has 0 aliphatic heterocycles. The molecule has 3 N–H and O–H groups in total. The average molecular weight is 370 g/mol. The number of carbonyl (C=O) groups excluding carboxylic acids is 1. The van der Waals surface area contributed by atoms with Gasteiger partial charge in [-0.15, -0.1) is 0 Å². The molecular weight excluding hydrogens is 354 g/mol. The zero-order valence-electron chi connectivity index (χ0n) is 14.1. The monoisotopic (exact) mass is 369 g/mol. The van der Waals surface area contributed by atoms with Crippen LogP contribution in [0.1, 0.15) is 21.5 Å². The lowest BCUT2D eigenvalue weighted by Gasteiger charge is -2.10. The number of aromatic carboxylic acids is 1.